The zero-order valence-electron chi connectivity index (χ0n) is 10.2. The Balaban J connectivity index is 2.17. The van der Waals surface area contributed by atoms with Gasteiger partial charge in [0, 0.05) is 16.1 Å². The van der Waals surface area contributed by atoms with Crippen LogP contribution >= 0.6 is 15.9 Å². The number of benzene rings is 1. The average molecular weight is 312 g/mol. The predicted molar refractivity (Wildman–Crippen MR) is 70.2 cm³/mol. The summed E-state index contributed by atoms with van der Waals surface area (Å²) in [6.45, 7) is 2.36. The highest BCUT2D eigenvalue weighted by Gasteiger charge is 2.11. The minimum Gasteiger partial charge on any atom is -0.485 e. The molecule has 2 rings (SSSR count). The fourth-order valence-electron chi connectivity index (χ4n) is 1.54. The lowest BCUT2D eigenvalue weighted by atomic mass is 10.1. The van der Waals surface area contributed by atoms with Crippen LogP contribution in [0.1, 0.15) is 24.4 Å². The highest BCUT2D eigenvalue weighted by atomic mass is 79.9. The van der Waals surface area contributed by atoms with E-state index in [1.54, 1.807) is 0 Å². The van der Waals surface area contributed by atoms with Gasteiger partial charge >= 0.3 is 0 Å². The molecule has 0 aliphatic heterocycles. The molecule has 0 fully saturated rings. The summed E-state index contributed by atoms with van der Waals surface area (Å²) in [6.07, 6.45) is 1.29. The molecule has 1 aromatic heterocycles. The lowest BCUT2D eigenvalue weighted by Crippen LogP contribution is -2.14. The van der Waals surface area contributed by atoms with Crippen LogP contribution in [0, 0.1) is 0 Å². The maximum atomic E-state index is 5.73. The quantitative estimate of drug-likeness (QED) is 0.920. The number of aromatic nitrogens is 2. The Morgan fingerprint density at radius 1 is 1.50 bits per heavy atom. The molecule has 5 nitrogen and oxygen atoms in total. The van der Waals surface area contributed by atoms with Crippen molar-refractivity contribution >= 4 is 15.9 Å². The molecule has 2 aromatic rings. The van der Waals surface area contributed by atoms with E-state index in [2.05, 4.69) is 42.8 Å². The number of halogens is 1. The van der Waals surface area contributed by atoms with Gasteiger partial charge in [0.1, 0.15) is 5.75 Å². The van der Waals surface area contributed by atoms with E-state index in [1.807, 2.05) is 25.2 Å². The van der Waals surface area contributed by atoms with Crippen LogP contribution < -0.4 is 10.1 Å². The largest absolute Gasteiger partial charge is 0.485 e. The molecule has 1 atom stereocenters. The molecular weight excluding hydrogens is 298 g/mol. The summed E-state index contributed by atoms with van der Waals surface area (Å²) < 4.78 is 11.4. The lowest BCUT2D eigenvalue weighted by Gasteiger charge is -2.16. The summed E-state index contributed by atoms with van der Waals surface area (Å²) in [5, 5.41) is 6.90. The molecule has 18 heavy (non-hydrogen) atoms. The normalized spacial score (nSPS) is 12.4. The van der Waals surface area contributed by atoms with E-state index in [0.717, 1.165) is 15.8 Å². The van der Waals surface area contributed by atoms with Crippen LogP contribution in [-0.4, -0.2) is 17.2 Å². The van der Waals surface area contributed by atoms with Gasteiger partial charge in [-0.05, 0) is 26.1 Å². The molecule has 1 aromatic carbocycles. The SMILES string of the molecule is CNC(C)c1ccc(Br)cc1OCc1ncon1. The fraction of sp³-hybridized carbons (Fsp3) is 0.333. The zero-order valence-corrected chi connectivity index (χ0v) is 11.8. The highest BCUT2D eigenvalue weighted by Crippen LogP contribution is 2.29. The maximum Gasteiger partial charge on any atom is 0.213 e. The molecule has 1 heterocycles. The molecule has 0 aliphatic rings. The van der Waals surface area contributed by atoms with E-state index >= 15 is 0 Å². The monoisotopic (exact) mass is 311 g/mol. The molecule has 0 spiro atoms. The summed E-state index contributed by atoms with van der Waals surface area (Å²) in [7, 11) is 1.91. The summed E-state index contributed by atoms with van der Waals surface area (Å²) in [5.74, 6) is 1.33. The van der Waals surface area contributed by atoms with Crippen molar-refractivity contribution in [2.45, 2.75) is 19.6 Å². The number of nitrogens with zero attached hydrogens (tertiary/aromatic N) is 2. The summed E-state index contributed by atoms with van der Waals surface area (Å²) >= 11 is 3.44. The first kappa shape index (κ1) is 13.0. The molecule has 96 valence electrons. The Morgan fingerprint density at radius 3 is 3.00 bits per heavy atom. The maximum absolute atomic E-state index is 5.73. The van der Waals surface area contributed by atoms with Gasteiger partial charge in [-0.25, -0.2) is 0 Å². The van der Waals surface area contributed by atoms with E-state index in [1.165, 1.54) is 6.39 Å². The Morgan fingerprint density at radius 2 is 2.33 bits per heavy atom. The van der Waals surface area contributed by atoms with E-state index in [4.69, 9.17) is 4.74 Å². The van der Waals surface area contributed by atoms with Crippen molar-refractivity contribution in [1.82, 2.24) is 15.5 Å². The number of hydrogen-bond acceptors (Lipinski definition) is 5. The fourth-order valence-corrected chi connectivity index (χ4v) is 1.88. The number of rotatable bonds is 5. The van der Waals surface area contributed by atoms with Gasteiger partial charge in [-0.3, -0.25) is 0 Å². The average Bonchev–Trinajstić information content (AvgIpc) is 2.88. The molecule has 1 N–H and O–H groups in total. The van der Waals surface area contributed by atoms with E-state index in [-0.39, 0.29) is 12.6 Å². The third kappa shape index (κ3) is 3.08. The van der Waals surface area contributed by atoms with Crippen molar-refractivity contribution in [3.05, 3.63) is 40.5 Å². The topological polar surface area (TPSA) is 60.2 Å². The van der Waals surface area contributed by atoms with Crippen LogP contribution in [0.25, 0.3) is 0 Å². The van der Waals surface area contributed by atoms with Gasteiger partial charge in [-0.1, -0.05) is 27.2 Å². The molecule has 1 unspecified atom stereocenters. The number of hydrogen-bond donors (Lipinski definition) is 1. The minimum absolute atomic E-state index is 0.207. The second kappa shape index (κ2) is 5.97. The number of ether oxygens (including phenoxy) is 1. The summed E-state index contributed by atoms with van der Waals surface area (Å²) in [5.41, 5.74) is 1.09. The second-order valence-corrected chi connectivity index (χ2v) is 4.74. The van der Waals surface area contributed by atoms with Gasteiger partial charge in [0.05, 0.1) is 0 Å². The van der Waals surface area contributed by atoms with E-state index in [9.17, 15) is 0 Å². The molecule has 0 aliphatic carbocycles. The van der Waals surface area contributed by atoms with Crippen molar-refractivity contribution in [2.75, 3.05) is 7.05 Å². The molecular formula is C12H14BrN3O2. The predicted octanol–water partition coefficient (Wildman–Crippen LogP) is 2.69. The minimum atomic E-state index is 0.207. The van der Waals surface area contributed by atoms with Gasteiger partial charge in [-0.15, -0.1) is 0 Å². The Kier molecular flexibility index (Phi) is 4.33. The van der Waals surface area contributed by atoms with Crippen LogP contribution in [0.4, 0.5) is 0 Å². The van der Waals surface area contributed by atoms with Crippen molar-refractivity contribution in [3.8, 4) is 5.75 Å². The van der Waals surface area contributed by atoms with Crippen molar-refractivity contribution in [3.63, 3.8) is 0 Å². The standard InChI is InChI=1S/C12H14BrN3O2/c1-8(14-2)10-4-3-9(13)5-11(10)17-6-12-15-7-18-16-12/h3-5,7-8,14H,6H2,1-2H3. The van der Waals surface area contributed by atoms with Crippen LogP contribution in [0.3, 0.4) is 0 Å². The van der Waals surface area contributed by atoms with Crippen LogP contribution in [0.15, 0.2) is 33.6 Å². The summed E-state index contributed by atoms with van der Waals surface area (Å²) in [6, 6.07) is 6.16. The van der Waals surface area contributed by atoms with Gasteiger partial charge in [-0.2, -0.15) is 4.98 Å². The Labute approximate surface area is 114 Å². The summed E-state index contributed by atoms with van der Waals surface area (Å²) in [4.78, 5) is 3.92. The number of nitrogens with one attached hydrogen (secondary N) is 1. The molecule has 0 bridgehead atoms. The molecule has 0 saturated carbocycles. The van der Waals surface area contributed by atoms with Crippen molar-refractivity contribution < 1.29 is 9.26 Å². The van der Waals surface area contributed by atoms with Crippen LogP contribution in [0.2, 0.25) is 0 Å². The van der Waals surface area contributed by atoms with Gasteiger partial charge in [0.25, 0.3) is 0 Å². The van der Waals surface area contributed by atoms with E-state index in [0.29, 0.717) is 5.82 Å². The van der Waals surface area contributed by atoms with Gasteiger partial charge < -0.3 is 14.6 Å². The van der Waals surface area contributed by atoms with E-state index < -0.39 is 0 Å². The molecule has 0 saturated heterocycles. The third-order valence-corrected chi connectivity index (χ3v) is 3.13. The highest BCUT2D eigenvalue weighted by molar-refractivity contribution is 9.10. The van der Waals surface area contributed by atoms with Gasteiger partial charge in [0.2, 0.25) is 12.2 Å². The zero-order chi connectivity index (χ0) is 13.0. The van der Waals surface area contributed by atoms with Gasteiger partial charge in [0.15, 0.2) is 6.61 Å². The Bertz CT molecular complexity index is 502. The van der Waals surface area contributed by atoms with Crippen molar-refractivity contribution in [1.29, 1.82) is 0 Å². The first-order valence-corrected chi connectivity index (χ1v) is 6.34. The van der Waals surface area contributed by atoms with Crippen molar-refractivity contribution in [2.24, 2.45) is 0 Å². The molecule has 0 radical (unpaired) electrons. The molecule has 0 amide bonds. The smallest absolute Gasteiger partial charge is 0.213 e. The molecule has 6 heteroatoms. The third-order valence-electron chi connectivity index (χ3n) is 2.64. The first-order chi connectivity index (χ1) is 8.70. The second-order valence-electron chi connectivity index (χ2n) is 3.83. The first-order valence-electron chi connectivity index (χ1n) is 5.55. The lowest BCUT2D eigenvalue weighted by molar-refractivity contribution is 0.281. The Hall–Kier alpha value is -1.40. The van der Waals surface area contributed by atoms with Crippen LogP contribution in [0.5, 0.6) is 5.75 Å². The van der Waals surface area contributed by atoms with Crippen LogP contribution in [-0.2, 0) is 6.61 Å².